The van der Waals surface area contributed by atoms with E-state index in [1.807, 2.05) is 19.2 Å². The molecule has 2 aromatic heterocycles. The van der Waals surface area contributed by atoms with Crippen LogP contribution in [0.3, 0.4) is 0 Å². The Morgan fingerprint density at radius 2 is 2.10 bits per heavy atom. The summed E-state index contributed by atoms with van der Waals surface area (Å²) in [5.41, 5.74) is 3.41. The molecule has 0 aliphatic carbocycles. The number of nitrogens with zero attached hydrogens (tertiary/aromatic N) is 2. The Morgan fingerprint density at radius 3 is 2.90 bits per heavy atom. The van der Waals surface area contributed by atoms with Crippen LogP contribution in [0.1, 0.15) is 29.2 Å². The standard InChI is InChI=1S/C16H17N3S/c1-11(15-10-20-12(2)19-15)18-9-14-6-3-5-13-7-4-8-17-16(13)14/h3-8,10-11,18H,9H2,1-2H3. The molecule has 0 spiro atoms. The van der Waals surface area contributed by atoms with Crippen molar-refractivity contribution in [2.75, 3.05) is 0 Å². The summed E-state index contributed by atoms with van der Waals surface area (Å²) in [6, 6.07) is 10.6. The number of aryl methyl sites for hydroxylation is 1. The Kier molecular flexibility index (Phi) is 3.76. The minimum absolute atomic E-state index is 0.249. The molecule has 3 aromatic rings. The van der Waals surface area contributed by atoms with Crippen molar-refractivity contribution >= 4 is 22.2 Å². The molecule has 0 bridgehead atoms. The summed E-state index contributed by atoms with van der Waals surface area (Å²) in [5, 5.41) is 7.94. The van der Waals surface area contributed by atoms with Crippen LogP contribution in [0, 0.1) is 6.92 Å². The van der Waals surface area contributed by atoms with Crippen LogP contribution >= 0.6 is 11.3 Å². The van der Waals surface area contributed by atoms with Crippen LogP contribution in [0.4, 0.5) is 0 Å². The molecule has 0 fully saturated rings. The van der Waals surface area contributed by atoms with Crippen molar-refractivity contribution in [1.82, 2.24) is 15.3 Å². The number of rotatable bonds is 4. The fourth-order valence-electron chi connectivity index (χ4n) is 2.26. The van der Waals surface area contributed by atoms with E-state index in [-0.39, 0.29) is 6.04 Å². The van der Waals surface area contributed by atoms with Gasteiger partial charge in [0.05, 0.1) is 16.2 Å². The van der Waals surface area contributed by atoms with Gasteiger partial charge in [-0.05, 0) is 25.5 Å². The second kappa shape index (κ2) is 5.69. The molecule has 3 rings (SSSR count). The van der Waals surface area contributed by atoms with E-state index in [2.05, 4.69) is 51.9 Å². The maximum atomic E-state index is 4.53. The molecule has 1 aromatic carbocycles. The lowest BCUT2D eigenvalue weighted by Crippen LogP contribution is -2.18. The second-order valence-electron chi connectivity index (χ2n) is 4.89. The molecule has 0 aliphatic heterocycles. The lowest BCUT2D eigenvalue weighted by molar-refractivity contribution is 0.564. The fourth-order valence-corrected chi connectivity index (χ4v) is 2.96. The topological polar surface area (TPSA) is 37.8 Å². The minimum atomic E-state index is 0.249. The maximum absolute atomic E-state index is 4.53. The minimum Gasteiger partial charge on any atom is -0.305 e. The zero-order valence-corrected chi connectivity index (χ0v) is 12.4. The second-order valence-corrected chi connectivity index (χ2v) is 5.95. The van der Waals surface area contributed by atoms with Crippen molar-refractivity contribution in [2.24, 2.45) is 0 Å². The van der Waals surface area contributed by atoms with Gasteiger partial charge < -0.3 is 5.32 Å². The van der Waals surface area contributed by atoms with E-state index in [9.17, 15) is 0 Å². The summed E-state index contributed by atoms with van der Waals surface area (Å²) in [6.07, 6.45) is 1.85. The number of benzene rings is 1. The lowest BCUT2D eigenvalue weighted by Gasteiger charge is -2.12. The zero-order valence-electron chi connectivity index (χ0n) is 11.6. The van der Waals surface area contributed by atoms with E-state index in [1.54, 1.807) is 11.3 Å². The number of pyridine rings is 1. The van der Waals surface area contributed by atoms with Crippen LogP contribution in [0.15, 0.2) is 41.9 Å². The number of nitrogens with one attached hydrogen (secondary N) is 1. The van der Waals surface area contributed by atoms with Gasteiger partial charge in [-0.15, -0.1) is 11.3 Å². The van der Waals surface area contributed by atoms with Crippen LogP contribution in [-0.4, -0.2) is 9.97 Å². The van der Waals surface area contributed by atoms with Crippen LogP contribution in [0.2, 0.25) is 0 Å². The predicted octanol–water partition coefficient (Wildman–Crippen LogP) is 3.85. The van der Waals surface area contributed by atoms with E-state index in [1.165, 1.54) is 10.9 Å². The molecule has 0 saturated carbocycles. The Balaban J connectivity index is 1.77. The average Bonchev–Trinajstić information content (AvgIpc) is 2.91. The van der Waals surface area contributed by atoms with Gasteiger partial charge in [0.2, 0.25) is 0 Å². The van der Waals surface area contributed by atoms with Gasteiger partial charge in [-0.3, -0.25) is 4.98 Å². The largest absolute Gasteiger partial charge is 0.305 e. The molecule has 2 heterocycles. The third-order valence-electron chi connectivity index (χ3n) is 3.40. The predicted molar refractivity (Wildman–Crippen MR) is 83.8 cm³/mol. The molecule has 0 saturated heterocycles. The molecule has 102 valence electrons. The first-order valence-corrected chi connectivity index (χ1v) is 7.60. The van der Waals surface area contributed by atoms with Gasteiger partial charge >= 0.3 is 0 Å². The van der Waals surface area contributed by atoms with E-state index < -0.39 is 0 Å². The van der Waals surface area contributed by atoms with Crippen LogP contribution in [0.25, 0.3) is 10.9 Å². The molecule has 0 radical (unpaired) electrons. The number of para-hydroxylation sites is 1. The highest BCUT2D eigenvalue weighted by molar-refractivity contribution is 7.09. The molecule has 3 nitrogen and oxygen atoms in total. The van der Waals surface area contributed by atoms with Crippen molar-refractivity contribution < 1.29 is 0 Å². The van der Waals surface area contributed by atoms with Gasteiger partial charge in [0, 0.05) is 29.5 Å². The monoisotopic (exact) mass is 283 g/mol. The summed E-state index contributed by atoms with van der Waals surface area (Å²) in [6.45, 7) is 4.98. The summed E-state index contributed by atoms with van der Waals surface area (Å²) in [7, 11) is 0. The lowest BCUT2D eigenvalue weighted by atomic mass is 10.1. The molecule has 1 atom stereocenters. The Labute approximate surface area is 122 Å². The first-order chi connectivity index (χ1) is 9.74. The van der Waals surface area contributed by atoms with Crippen LogP contribution in [-0.2, 0) is 6.54 Å². The molecule has 0 amide bonds. The normalized spacial score (nSPS) is 12.7. The number of thiazole rings is 1. The van der Waals surface area contributed by atoms with Crippen molar-refractivity contribution in [3.8, 4) is 0 Å². The number of fused-ring (bicyclic) bond motifs is 1. The summed E-state index contributed by atoms with van der Waals surface area (Å²) in [5.74, 6) is 0. The summed E-state index contributed by atoms with van der Waals surface area (Å²) in [4.78, 5) is 9.01. The van der Waals surface area contributed by atoms with Gasteiger partial charge in [0.25, 0.3) is 0 Å². The fraction of sp³-hybridized carbons (Fsp3) is 0.250. The quantitative estimate of drug-likeness (QED) is 0.790. The zero-order chi connectivity index (χ0) is 13.9. The Morgan fingerprint density at radius 1 is 1.25 bits per heavy atom. The third kappa shape index (κ3) is 2.71. The number of hydrogen-bond acceptors (Lipinski definition) is 4. The smallest absolute Gasteiger partial charge is 0.0898 e. The Bertz CT molecular complexity index is 715. The highest BCUT2D eigenvalue weighted by Crippen LogP contribution is 2.19. The molecule has 4 heteroatoms. The molecule has 0 aliphatic rings. The van der Waals surface area contributed by atoms with Gasteiger partial charge in [0.1, 0.15) is 0 Å². The van der Waals surface area contributed by atoms with Gasteiger partial charge in [-0.2, -0.15) is 0 Å². The molecule has 1 unspecified atom stereocenters. The van der Waals surface area contributed by atoms with Crippen molar-refractivity contribution in [2.45, 2.75) is 26.4 Å². The number of hydrogen-bond donors (Lipinski definition) is 1. The highest BCUT2D eigenvalue weighted by atomic mass is 32.1. The van der Waals surface area contributed by atoms with Crippen LogP contribution < -0.4 is 5.32 Å². The van der Waals surface area contributed by atoms with E-state index in [4.69, 9.17) is 0 Å². The van der Waals surface area contributed by atoms with Crippen molar-refractivity contribution in [3.05, 3.63) is 58.2 Å². The van der Waals surface area contributed by atoms with Crippen molar-refractivity contribution in [3.63, 3.8) is 0 Å². The molecular formula is C16H17N3S. The number of aromatic nitrogens is 2. The molecule has 20 heavy (non-hydrogen) atoms. The van der Waals surface area contributed by atoms with Gasteiger partial charge in [0.15, 0.2) is 0 Å². The maximum Gasteiger partial charge on any atom is 0.0898 e. The van der Waals surface area contributed by atoms with Gasteiger partial charge in [-0.1, -0.05) is 24.3 Å². The third-order valence-corrected chi connectivity index (χ3v) is 4.19. The SMILES string of the molecule is Cc1nc(C(C)NCc2cccc3cccnc23)cs1. The summed E-state index contributed by atoms with van der Waals surface area (Å²) >= 11 is 1.69. The van der Waals surface area contributed by atoms with Gasteiger partial charge in [-0.25, -0.2) is 4.98 Å². The van der Waals surface area contributed by atoms with Crippen LogP contribution in [0.5, 0.6) is 0 Å². The van der Waals surface area contributed by atoms with E-state index in [0.29, 0.717) is 0 Å². The van der Waals surface area contributed by atoms with E-state index in [0.717, 1.165) is 22.8 Å². The summed E-state index contributed by atoms with van der Waals surface area (Å²) < 4.78 is 0. The molecular weight excluding hydrogens is 266 g/mol. The average molecular weight is 283 g/mol. The van der Waals surface area contributed by atoms with Crippen molar-refractivity contribution in [1.29, 1.82) is 0 Å². The Hall–Kier alpha value is -1.78. The first kappa shape index (κ1) is 13.2. The first-order valence-electron chi connectivity index (χ1n) is 6.72. The molecule has 1 N–H and O–H groups in total. The highest BCUT2D eigenvalue weighted by Gasteiger charge is 2.09. The van der Waals surface area contributed by atoms with E-state index >= 15 is 0 Å².